The van der Waals surface area contributed by atoms with E-state index in [4.69, 9.17) is 4.74 Å². The predicted molar refractivity (Wildman–Crippen MR) is 122 cm³/mol. The number of hydrogen-bond acceptors (Lipinski definition) is 6. The lowest BCUT2D eigenvalue weighted by Crippen LogP contribution is -2.50. The Morgan fingerprint density at radius 2 is 2.12 bits per heavy atom. The molecule has 3 N–H and O–H groups in total. The van der Waals surface area contributed by atoms with Gasteiger partial charge in [-0.2, -0.15) is 8.42 Å². The lowest BCUT2D eigenvalue weighted by Gasteiger charge is -2.33. The Morgan fingerprint density at radius 1 is 1.32 bits per heavy atom. The van der Waals surface area contributed by atoms with Crippen molar-refractivity contribution in [3.63, 3.8) is 0 Å². The molecule has 3 heterocycles. The summed E-state index contributed by atoms with van der Waals surface area (Å²) in [5.74, 6) is -2.68. The Labute approximate surface area is 198 Å². The number of phenols is 1. The first-order valence-electron chi connectivity index (χ1n) is 11.7. The molecule has 0 spiro atoms. The number of phenolic OH excluding ortho intramolecular Hbond substituents is 1. The monoisotopic (exact) mass is 498 g/mol. The highest BCUT2D eigenvalue weighted by molar-refractivity contribution is 7.92. The van der Waals surface area contributed by atoms with Crippen molar-refractivity contribution in [3.8, 4) is 5.75 Å². The summed E-state index contributed by atoms with van der Waals surface area (Å²) in [6, 6.07) is 2.41. The molecule has 0 bridgehead atoms. The van der Waals surface area contributed by atoms with Crippen LogP contribution >= 0.6 is 0 Å². The summed E-state index contributed by atoms with van der Waals surface area (Å²) >= 11 is 0. The largest absolute Gasteiger partial charge is 0.506 e. The van der Waals surface area contributed by atoms with Gasteiger partial charge in [-0.15, -0.1) is 0 Å². The molecule has 3 fully saturated rings. The van der Waals surface area contributed by atoms with Crippen LogP contribution in [0, 0.1) is 5.82 Å². The first-order valence-corrected chi connectivity index (χ1v) is 13.1. The molecular formula is C22H31FN4O6S. The van der Waals surface area contributed by atoms with E-state index in [1.807, 2.05) is 0 Å². The number of carbonyl (C=O) groups excluding carboxylic acids is 2. The normalized spacial score (nSPS) is 26.9. The van der Waals surface area contributed by atoms with Crippen LogP contribution in [0.25, 0.3) is 0 Å². The fourth-order valence-corrected chi connectivity index (χ4v) is 6.21. The zero-order chi connectivity index (χ0) is 24.5. The molecule has 3 aliphatic heterocycles. The Morgan fingerprint density at radius 3 is 2.76 bits per heavy atom. The number of amides is 3. The Bertz CT molecular complexity index is 1050. The molecule has 3 atom stereocenters. The van der Waals surface area contributed by atoms with E-state index < -0.39 is 45.8 Å². The van der Waals surface area contributed by atoms with Crippen LogP contribution in [-0.2, 0) is 19.7 Å². The molecule has 0 aliphatic carbocycles. The van der Waals surface area contributed by atoms with Crippen molar-refractivity contribution in [2.24, 2.45) is 0 Å². The third-order valence-corrected chi connectivity index (χ3v) is 8.10. The van der Waals surface area contributed by atoms with Crippen molar-refractivity contribution in [3.05, 3.63) is 23.5 Å². The second kappa shape index (κ2) is 9.95. The maximum Gasteiger partial charge on any atom is 0.326 e. The van der Waals surface area contributed by atoms with Crippen LogP contribution in [0.1, 0.15) is 56.9 Å². The molecule has 1 aromatic rings. The van der Waals surface area contributed by atoms with E-state index in [0.29, 0.717) is 23.9 Å². The average Bonchev–Trinajstić information content (AvgIpc) is 3.30. The number of benzene rings is 1. The molecule has 34 heavy (non-hydrogen) atoms. The van der Waals surface area contributed by atoms with Crippen molar-refractivity contribution < 1.29 is 32.2 Å². The van der Waals surface area contributed by atoms with E-state index in [1.54, 1.807) is 9.62 Å². The number of hydrogen-bond donors (Lipinski definition) is 3. The highest BCUT2D eigenvalue weighted by atomic mass is 32.2. The third kappa shape index (κ3) is 4.92. The molecule has 188 valence electrons. The molecule has 3 aliphatic rings. The van der Waals surface area contributed by atoms with E-state index in [-0.39, 0.29) is 30.2 Å². The molecule has 12 heteroatoms. The predicted octanol–water partition coefficient (Wildman–Crippen LogP) is 1.95. The number of ether oxygens (including phenoxy) is 1. The van der Waals surface area contributed by atoms with Gasteiger partial charge in [0.2, 0.25) is 0 Å². The number of anilines is 1. The van der Waals surface area contributed by atoms with Gasteiger partial charge in [-0.25, -0.2) is 18.2 Å². The lowest BCUT2D eigenvalue weighted by atomic mass is 9.93. The average molecular weight is 499 g/mol. The first kappa shape index (κ1) is 24.5. The second-order valence-corrected chi connectivity index (χ2v) is 10.7. The highest BCUT2D eigenvalue weighted by Crippen LogP contribution is 2.40. The van der Waals surface area contributed by atoms with E-state index in [0.717, 1.165) is 32.1 Å². The number of urea groups is 1. The fourth-order valence-electron chi connectivity index (χ4n) is 5.04. The lowest BCUT2D eigenvalue weighted by molar-refractivity contribution is -0.117. The van der Waals surface area contributed by atoms with Crippen molar-refractivity contribution in [1.82, 2.24) is 14.9 Å². The quantitative estimate of drug-likeness (QED) is 0.569. The van der Waals surface area contributed by atoms with E-state index in [1.165, 1.54) is 12.1 Å². The van der Waals surface area contributed by atoms with Crippen LogP contribution in [0.2, 0.25) is 0 Å². The summed E-state index contributed by atoms with van der Waals surface area (Å²) in [6.07, 6.45) is 4.62. The van der Waals surface area contributed by atoms with Crippen molar-refractivity contribution in [1.29, 1.82) is 0 Å². The van der Waals surface area contributed by atoms with Gasteiger partial charge in [-0.1, -0.05) is 25.8 Å². The standard InChI is InChI=1S/C22H31FN4O6S/c1-2-4-16-6-3-5-14(11-26(16)22(30)24-15-9-10-33-13-15)17-7-8-18(28)21(20(17)23)27-12-19(29)25-34(27,31)32/h7-8,14-16,28H,2-6,9-13H2,1H3,(H,24,30)(H,25,29)/t14?,15?,16-/m0/s1. The second-order valence-electron chi connectivity index (χ2n) is 9.11. The van der Waals surface area contributed by atoms with Gasteiger partial charge in [-0.3, -0.25) is 4.79 Å². The molecule has 0 radical (unpaired) electrons. The molecule has 0 saturated carbocycles. The van der Waals surface area contributed by atoms with Crippen LogP contribution < -0.4 is 14.3 Å². The summed E-state index contributed by atoms with van der Waals surface area (Å²) in [6.45, 7) is 2.77. The number of halogens is 1. The maximum atomic E-state index is 15.7. The molecule has 4 rings (SSSR count). The Balaban J connectivity index is 1.64. The molecule has 10 nitrogen and oxygen atoms in total. The minimum absolute atomic E-state index is 0.0118. The van der Waals surface area contributed by atoms with Gasteiger partial charge in [0.15, 0.2) is 5.82 Å². The summed E-state index contributed by atoms with van der Waals surface area (Å²) in [7, 11) is -4.30. The van der Waals surface area contributed by atoms with Gasteiger partial charge in [-0.05, 0) is 37.3 Å². The number of carbonyl (C=O) groups is 2. The van der Waals surface area contributed by atoms with Crippen molar-refractivity contribution >= 4 is 27.8 Å². The third-order valence-electron chi connectivity index (χ3n) is 6.72. The SMILES string of the molecule is CCC[C@H]1CCCC(c2ccc(O)c(N3CC(=O)NS3(=O)=O)c2F)CN1C(=O)NC1CCOC1. The van der Waals surface area contributed by atoms with E-state index in [2.05, 4.69) is 12.2 Å². The summed E-state index contributed by atoms with van der Waals surface area (Å²) < 4.78 is 48.0. The van der Waals surface area contributed by atoms with Gasteiger partial charge in [0.25, 0.3) is 5.91 Å². The van der Waals surface area contributed by atoms with Crippen LogP contribution in [0.4, 0.5) is 14.9 Å². The summed E-state index contributed by atoms with van der Waals surface area (Å²) in [4.78, 5) is 26.6. The zero-order valence-corrected chi connectivity index (χ0v) is 19.9. The molecule has 3 saturated heterocycles. The first-order chi connectivity index (χ1) is 16.2. The smallest absolute Gasteiger partial charge is 0.326 e. The Kier molecular flexibility index (Phi) is 7.17. The van der Waals surface area contributed by atoms with Gasteiger partial charge in [0.05, 0.1) is 12.6 Å². The van der Waals surface area contributed by atoms with Crippen LogP contribution in [0.5, 0.6) is 5.75 Å². The number of nitrogens with zero attached hydrogens (tertiary/aromatic N) is 2. The van der Waals surface area contributed by atoms with Gasteiger partial charge in [0, 0.05) is 25.1 Å². The van der Waals surface area contributed by atoms with Gasteiger partial charge in [0.1, 0.15) is 18.0 Å². The number of likely N-dealkylation sites (tertiary alicyclic amines) is 1. The molecular weight excluding hydrogens is 467 g/mol. The number of nitrogens with one attached hydrogen (secondary N) is 2. The minimum Gasteiger partial charge on any atom is -0.506 e. The molecule has 1 aromatic carbocycles. The van der Waals surface area contributed by atoms with Gasteiger partial charge >= 0.3 is 16.2 Å². The summed E-state index contributed by atoms with van der Waals surface area (Å²) in [5.41, 5.74) is -0.342. The summed E-state index contributed by atoms with van der Waals surface area (Å²) in [5, 5.41) is 13.3. The molecule has 0 aromatic heterocycles. The number of rotatable bonds is 5. The van der Waals surface area contributed by atoms with Crippen molar-refractivity contribution in [2.75, 3.05) is 30.6 Å². The highest BCUT2D eigenvalue weighted by Gasteiger charge is 2.39. The fraction of sp³-hybridized carbons (Fsp3) is 0.636. The molecule has 3 amide bonds. The van der Waals surface area contributed by atoms with Crippen LogP contribution in [0.15, 0.2) is 12.1 Å². The van der Waals surface area contributed by atoms with Crippen LogP contribution in [-0.4, -0.2) is 68.7 Å². The van der Waals surface area contributed by atoms with E-state index in [9.17, 15) is 23.1 Å². The topological polar surface area (TPSA) is 128 Å². The van der Waals surface area contributed by atoms with Crippen molar-refractivity contribution in [2.45, 2.75) is 63.5 Å². The Hall–Kier alpha value is -2.60. The maximum absolute atomic E-state index is 15.7. The number of aromatic hydroxyl groups is 1. The minimum atomic E-state index is -4.30. The zero-order valence-electron chi connectivity index (χ0n) is 19.1. The molecule has 2 unspecified atom stereocenters. The van der Waals surface area contributed by atoms with Crippen LogP contribution in [0.3, 0.4) is 0 Å². The van der Waals surface area contributed by atoms with E-state index >= 15 is 4.39 Å². The van der Waals surface area contributed by atoms with Gasteiger partial charge < -0.3 is 20.1 Å².